The van der Waals surface area contributed by atoms with Crippen LogP contribution in [-0.4, -0.2) is 0 Å². The number of halogens is 1. The number of benzene rings is 2. The summed E-state index contributed by atoms with van der Waals surface area (Å²) in [5, 5.41) is 0.782. The third-order valence-electron chi connectivity index (χ3n) is 3.38. The molecule has 2 rings (SSSR count). The first-order valence-corrected chi connectivity index (χ1v) is 7.33. The fraction of sp³-hybridized carbons (Fsp3) is 0.294. The van der Waals surface area contributed by atoms with Crippen LogP contribution in [0.2, 0.25) is 5.02 Å². The summed E-state index contributed by atoms with van der Waals surface area (Å²) in [5.74, 6) is 1.61. The van der Waals surface area contributed by atoms with Crippen LogP contribution in [0.5, 0.6) is 11.5 Å². The molecule has 3 heteroatoms. The third kappa shape index (κ3) is 3.53. The lowest BCUT2D eigenvalue weighted by Gasteiger charge is -2.11. The van der Waals surface area contributed by atoms with Gasteiger partial charge in [0.15, 0.2) is 0 Å². The van der Waals surface area contributed by atoms with Gasteiger partial charge in [-0.05, 0) is 54.3 Å². The lowest BCUT2D eigenvalue weighted by Crippen LogP contribution is -2.07. The fourth-order valence-corrected chi connectivity index (χ4v) is 2.29. The first-order chi connectivity index (χ1) is 9.63. The summed E-state index contributed by atoms with van der Waals surface area (Å²) in [6.45, 7) is 4.15. The predicted octanol–water partition coefficient (Wildman–Crippen LogP) is 5.10. The van der Waals surface area contributed by atoms with Crippen molar-refractivity contribution >= 4 is 11.6 Å². The van der Waals surface area contributed by atoms with E-state index in [2.05, 4.69) is 13.8 Å². The Balaban J connectivity index is 2.14. The highest BCUT2D eigenvalue weighted by Crippen LogP contribution is 2.27. The Labute approximate surface area is 125 Å². The van der Waals surface area contributed by atoms with Crippen LogP contribution in [0, 0.1) is 0 Å². The molecule has 0 aromatic heterocycles. The van der Waals surface area contributed by atoms with Crippen LogP contribution < -0.4 is 10.5 Å². The fourth-order valence-electron chi connectivity index (χ4n) is 2.04. The first kappa shape index (κ1) is 14.9. The SMILES string of the molecule is CCc1cc(Oc2ccc([C@@H](N)CC)cc2)ccc1Cl. The summed E-state index contributed by atoms with van der Waals surface area (Å²) in [7, 11) is 0. The van der Waals surface area contributed by atoms with Gasteiger partial charge in [0, 0.05) is 11.1 Å². The highest BCUT2D eigenvalue weighted by molar-refractivity contribution is 6.31. The van der Waals surface area contributed by atoms with E-state index in [9.17, 15) is 0 Å². The molecule has 0 fully saturated rings. The molecule has 0 aliphatic rings. The topological polar surface area (TPSA) is 35.2 Å². The Morgan fingerprint density at radius 1 is 1.05 bits per heavy atom. The zero-order chi connectivity index (χ0) is 14.5. The zero-order valence-corrected chi connectivity index (χ0v) is 12.7. The molecular formula is C17H20ClNO. The maximum atomic E-state index is 6.10. The van der Waals surface area contributed by atoms with Crippen LogP contribution >= 0.6 is 11.6 Å². The molecule has 106 valence electrons. The molecule has 1 atom stereocenters. The highest BCUT2D eigenvalue weighted by atomic mass is 35.5. The number of rotatable bonds is 5. The van der Waals surface area contributed by atoms with Crippen molar-refractivity contribution in [1.82, 2.24) is 0 Å². The van der Waals surface area contributed by atoms with Crippen molar-refractivity contribution in [2.24, 2.45) is 5.73 Å². The molecule has 0 aliphatic carbocycles. The molecule has 0 radical (unpaired) electrons. The van der Waals surface area contributed by atoms with Crippen molar-refractivity contribution in [3.05, 3.63) is 58.6 Å². The monoisotopic (exact) mass is 289 g/mol. The van der Waals surface area contributed by atoms with Gasteiger partial charge in [0.2, 0.25) is 0 Å². The number of hydrogen-bond acceptors (Lipinski definition) is 2. The molecule has 0 heterocycles. The van der Waals surface area contributed by atoms with Gasteiger partial charge in [0.25, 0.3) is 0 Å². The van der Waals surface area contributed by atoms with E-state index < -0.39 is 0 Å². The minimum Gasteiger partial charge on any atom is -0.457 e. The smallest absolute Gasteiger partial charge is 0.127 e. The van der Waals surface area contributed by atoms with Crippen LogP contribution in [-0.2, 0) is 6.42 Å². The molecule has 0 spiro atoms. The largest absolute Gasteiger partial charge is 0.457 e. The molecule has 0 aliphatic heterocycles. The van der Waals surface area contributed by atoms with Gasteiger partial charge < -0.3 is 10.5 Å². The average molecular weight is 290 g/mol. The summed E-state index contributed by atoms with van der Waals surface area (Å²) in [4.78, 5) is 0. The number of ether oxygens (including phenoxy) is 1. The lowest BCUT2D eigenvalue weighted by atomic mass is 10.1. The number of nitrogens with two attached hydrogens (primary N) is 1. The second kappa shape index (κ2) is 6.78. The molecule has 0 saturated heterocycles. The van der Waals surface area contributed by atoms with Gasteiger partial charge in [-0.2, -0.15) is 0 Å². The Kier molecular flexibility index (Phi) is 5.05. The second-order valence-corrected chi connectivity index (χ2v) is 5.20. The van der Waals surface area contributed by atoms with E-state index in [4.69, 9.17) is 22.1 Å². The van der Waals surface area contributed by atoms with Gasteiger partial charge in [-0.15, -0.1) is 0 Å². The van der Waals surface area contributed by atoms with Crippen molar-refractivity contribution in [3.63, 3.8) is 0 Å². The van der Waals surface area contributed by atoms with Crippen LogP contribution in [0.3, 0.4) is 0 Å². The van der Waals surface area contributed by atoms with E-state index in [1.165, 1.54) is 0 Å². The molecule has 20 heavy (non-hydrogen) atoms. The maximum absolute atomic E-state index is 6.10. The van der Waals surface area contributed by atoms with Crippen molar-refractivity contribution in [3.8, 4) is 11.5 Å². The minimum atomic E-state index is 0.0891. The van der Waals surface area contributed by atoms with Gasteiger partial charge in [-0.3, -0.25) is 0 Å². The molecule has 2 N–H and O–H groups in total. The predicted molar refractivity (Wildman–Crippen MR) is 84.6 cm³/mol. The first-order valence-electron chi connectivity index (χ1n) is 6.95. The van der Waals surface area contributed by atoms with E-state index in [1.54, 1.807) is 0 Å². The molecular weight excluding hydrogens is 270 g/mol. The highest BCUT2D eigenvalue weighted by Gasteiger charge is 2.05. The number of hydrogen-bond donors (Lipinski definition) is 1. The Bertz CT molecular complexity index is 566. The van der Waals surface area contributed by atoms with E-state index >= 15 is 0 Å². The van der Waals surface area contributed by atoms with Gasteiger partial charge in [0.1, 0.15) is 11.5 Å². The average Bonchev–Trinajstić information content (AvgIpc) is 2.49. The summed E-state index contributed by atoms with van der Waals surface area (Å²) in [6.07, 6.45) is 1.82. The summed E-state index contributed by atoms with van der Waals surface area (Å²) >= 11 is 6.10. The van der Waals surface area contributed by atoms with Crippen LogP contribution in [0.15, 0.2) is 42.5 Å². The van der Waals surface area contributed by atoms with Gasteiger partial charge in [0.05, 0.1) is 0 Å². The van der Waals surface area contributed by atoms with E-state index in [0.717, 1.165) is 40.5 Å². The van der Waals surface area contributed by atoms with Crippen molar-refractivity contribution in [1.29, 1.82) is 0 Å². The Morgan fingerprint density at radius 2 is 1.70 bits per heavy atom. The summed E-state index contributed by atoms with van der Waals surface area (Å²) < 4.78 is 5.84. The zero-order valence-electron chi connectivity index (χ0n) is 11.9. The van der Waals surface area contributed by atoms with Crippen LogP contribution in [0.25, 0.3) is 0 Å². The van der Waals surface area contributed by atoms with Crippen molar-refractivity contribution in [2.75, 3.05) is 0 Å². The summed E-state index contributed by atoms with van der Waals surface area (Å²) in [5.41, 5.74) is 8.22. The third-order valence-corrected chi connectivity index (χ3v) is 3.75. The molecule has 2 nitrogen and oxygen atoms in total. The van der Waals surface area contributed by atoms with E-state index in [0.29, 0.717) is 0 Å². The molecule has 2 aromatic carbocycles. The van der Waals surface area contributed by atoms with E-state index in [1.807, 2.05) is 42.5 Å². The van der Waals surface area contributed by atoms with Crippen molar-refractivity contribution in [2.45, 2.75) is 32.7 Å². The van der Waals surface area contributed by atoms with Gasteiger partial charge >= 0.3 is 0 Å². The van der Waals surface area contributed by atoms with Crippen molar-refractivity contribution < 1.29 is 4.74 Å². The number of aryl methyl sites for hydroxylation is 1. The normalized spacial score (nSPS) is 12.2. The molecule has 0 amide bonds. The Morgan fingerprint density at radius 3 is 2.30 bits per heavy atom. The second-order valence-electron chi connectivity index (χ2n) is 4.79. The van der Waals surface area contributed by atoms with Crippen LogP contribution in [0.1, 0.15) is 37.4 Å². The van der Waals surface area contributed by atoms with Gasteiger partial charge in [-0.25, -0.2) is 0 Å². The lowest BCUT2D eigenvalue weighted by molar-refractivity contribution is 0.481. The van der Waals surface area contributed by atoms with E-state index in [-0.39, 0.29) is 6.04 Å². The molecule has 0 unspecified atom stereocenters. The van der Waals surface area contributed by atoms with Crippen LogP contribution in [0.4, 0.5) is 0 Å². The van der Waals surface area contributed by atoms with Gasteiger partial charge in [-0.1, -0.05) is 37.6 Å². The minimum absolute atomic E-state index is 0.0891. The molecule has 0 saturated carbocycles. The summed E-state index contributed by atoms with van der Waals surface area (Å²) in [6, 6.07) is 13.8. The molecule has 0 bridgehead atoms. The quantitative estimate of drug-likeness (QED) is 0.830. The molecule has 2 aromatic rings. The standard InChI is InChI=1S/C17H20ClNO/c1-3-12-11-15(9-10-16(12)18)20-14-7-5-13(6-8-14)17(19)4-2/h5-11,17H,3-4,19H2,1-2H3/t17-/m0/s1. The Hall–Kier alpha value is -1.51. The maximum Gasteiger partial charge on any atom is 0.127 e.